The molecule has 0 rings (SSSR count). The lowest BCUT2D eigenvalue weighted by Gasteiger charge is -1.96. The fourth-order valence-corrected chi connectivity index (χ4v) is 0.298. The van der Waals surface area contributed by atoms with Crippen LogP contribution in [0.3, 0.4) is 0 Å². The molecule has 5 heteroatoms. The predicted molar refractivity (Wildman–Crippen MR) is 35.9 cm³/mol. The van der Waals surface area contributed by atoms with Crippen molar-refractivity contribution < 1.29 is 24.1 Å². The minimum atomic E-state index is -0.989. The van der Waals surface area contributed by atoms with E-state index in [0.717, 1.165) is 6.08 Å². The number of carbonyl (C=O) groups excluding carboxylic acids is 1. The molecule has 4 nitrogen and oxygen atoms in total. The second-order valence-corrected chi connectivity index (χ2v) is 1.52. The number of carboxylic acids is 1. The maximum atomic E-state index is 10.3. The van der Waals surface area contributed by atoms with Crippen molar-refractivity contribution in [2.24, 2.45) is 0 Å². The quantitative estimate of drug-likeness (QED) is 0.480. The lowest BCUT2D eigenvalue weighted by molar-refractivity contribution is -0.142. The highest BCUT2D eigenvalue weighted by molar-refractivity contribution is 5.81. The summed E-state index contributed by atoms with van der Waals surface area (Å²) < 4.78 is 4.36. The lowest BCUT2D eigenvalue weighted by atomic mass is 10.5. The van der Waals surface area contributed by atoms with Gasteiger partial charge in [-0.2, -0.15) is 0 Å². The summed E-state index contributed by atoms with van der Waals surface area (Å²) in [6, 6.07) is 0. The van der Waals surface area contributed by atoms with Gasteiger partial charge in [0, 0.05) is 6.08 Å². The topological polar surface area (TPSA) is 63.6 Å². The molecule has 0 aromatic heterocycles. The van der Waals surface area contributed by atoms with Gasteiger partial charge in [-0.3, -0.25) is 9.50 Å². The smallest absolute Gasteiger partial charge is 0.330 e. The van der Waals surface area contributed by atoms with Crippen LogP contribution in [0.4, 0.5) is 4.70 Å². The van der Waals surface area contributed by atoms with Crippen LogP contribution in [0.15, 0.2) is 12.7 Å². The molecule has 0 aromatic rings. The molecule has 0 aromatic carbocycles. The minimum Gasteiger partial charge on any atom is -0.481 e. The zero-order valence-electron chi connectivity index (χ0n) is 5.78. The van der Waals surface area contributed by atoms with Crippen molar-refractivity contribution in [3.8, 4) is 0 Å². The van der Waals surface area contributed by atoms with Gasteiger partial charge >= 0.3 is 11.9 Å². The molecular formula is C6H9FO4. The summed E-state index contributed by atoms with van der Waals surface area (Å²) in [5, 5.41) is 8.08. The SMILES string of the molecule is C=CC(=O)OCCC(=O)O.F. The molecule has 0 spiro atoms. The first kappa shape index (κ1) is 12.3. The van der Waals surface area contributed by atoms with Gasteiger partial charge < -0.3 is 9.84 Å². The first-order valence-corrected chi connectivity index (χ1v) is 2.68. The van der Waals surface area contributed by atoms with Crippen LogP contribution in [0.1, 0.15) is 6.42 Å². The molecule has 0 bridgehead atoms. The van der Waals surface area contributed by atoms with E-state index in [1.54, 1.807) is 0 Å². The highest BCUT2D eigenvalue weighted by Gasteiger charge is 1.98. The molecule has 0 aliphatic rings. The van der Waals surface area contributed by atoms with Gasteiger partial charge in [0.15, 0.2) is 0 Å². The average molecular weight is 164 g/mol. The number of aliphatic carboxylic acids is 1. The number of ether oxygens (including phenoxy) is 1. The molecule has 0 aliphatic carbocycles. The van der Waals surface area contributed by atoms with E-state index in [4.69, 9.17) is 5.11 Å². The van der Waals surface area contributed by atoms with Crippen LogP contribution in [0.2, 0.25) is 0 Å². The van der Waals surface area contributed by atoms with Crippen molar-refractivity contribution in [1.29, 1.82) is 0 Å². The number of carbonyl (C=O) groups is 2. The monoisotopic (exact) mass is 164 g/mol. The van der Waals surface area contributed by atoms with Crippen LogP contribution in [0.5, 0.6) is 0 Å². The summed E-state index contributed by atoms with van der Waals surface area (Å²) in [4.78, 5) is 20.1. The van der Waals surface area contributed by atoms with Gasteiger partial charge in [-0.05, 0) is 0 Å². The van der Waals surface area contributed by atoms with E-state index in [-0.39, 0.29) is 17.7 Å². The Morgan fingerprint density at radius 2 is 2.09 bits per heavy atom. The van der Waals surface area contributed by atoms with Crippen molar-refractivity contribution in [3.05, 3.63) is 12.7 Å². The molecule has 0 atom stereocenters. The van der Waals surface area contributed by atoms with E-state index in [1.165, 1.54) is 0 Å². The largest absolute Gasteiger partial charge is 0.481 e. The molecule has 0 radical (unpaired) electrons. The number of rotatable bonds is 4. The molecule has 0 amide bonds. The van der Waals surface area contributed by atoms with Gasteiger partial charge in [-0.15, -0.1) is 0 Å². The van der Waals surface area contributed by atoms with Crippen LogP contribution in [-0.2, 0) is 14.3 Å². The predicted octanol–water partition coefficient (Wildman–Crippen LogP) is 0.343. The first-order chi connectivity index (χ1) is 4.66. The van der Waals surface area contributed by atoms with Gasteiger partial charge in [-0.1, -0.05) is 6.58 Å². The summed E-state index contributed by atoms with van der Waals surface area (Å²) in [5.41, 5.74) is 0. The molecular weight excluding hydrogens is 155 g/mol. The van der Waals surface area contributed by atoms with E-state index < -0.39 is 11.9 Å². The van der Waals surface area contributed by atoms with Gasteiger partial charge in [0.25, 0.3) is 0 Å². The second-order valence-electron chi connectivity index (χ2n) is 1.52. The molecule has 0 heterocycles. The third-order valence-electron chi connectivity index (χ3n) is 0.727. The van der Waals surface area contributed by atoms with Gasteiger partial charge in [0.05, 0.1) is 6.42 Å². The average Bonchev–Trinajstić information content (AvgIpc) is 1.87. The Kier molecular flexibility index (Phi) is 7.52. The molecule has 11 heavy (non-hydrogen) atoms. The number of carboxylic acid groups (broad SMARTS) is 1. The van der Waals surface area contributed by atoms with Crippen molar-refractivity contribution in [3.63, 3.8) is 0 Å². The summed E-state index contributed by atoms with van der Waals surface area (Å²) in [6.07, 6.45) is 0.821. The lowest BCUT2D eigenvalue weighted by Crippen LogP contribution is -2.06. The number of halogens is 1. The zero-order chi connectivity index (χ0) is 7.98. The fourth-order valence-electron chi connectivity index (χ4n) is 0.298. The molecule has 0 aliphatic heterocycles. The Hall–Kier alpha value is -1.39. The Balaban J connectivity index is 0. The van der Waals surface area contributed by atoms with Crippen molar-refractivity contribution in [2.45, 2.75) is 6.42 Å². The fraction of sp³-hybridized carbons (Fsp3) is 0.333. The number of hydrogen-bond donors (Lipinski definition) is 1. The maximum absolute atomic E-state index is 10.3. The Labute approximate surface area is 62.8 Å². The third kappa shape index (κ3) is 8.61. The van der Waals surface area contributed by atoms with E-state index >= 15 is 0 Å². The van der Waals surface area contributed by atoms with Crippen LogP contribution < -0.4 is 0 Å². The molecule has 0 saturated carbocycles. The molecule has 0 saturated heterocycles. The summed E-state index contributed by atoms with van der Waals surface area (Å²) in [5.74, 6) is -1.59. The highest BCUT2D eigenvalue weighted by atomic mass is 19.0. The van der Waals surface area contributed by atoms with E-state index in [9.17, 15) is 9.59 Å². The van der Waals surface area contributed by atoms with E-state index in [0.29, 0.717) is 0 Å². The van der Waals surface area contributed by atoms with Gasteiger partial charge in [0.1, 0.15) is 6.61 Å². The first-order valence-electron chi connectivity index (χ1n) is 2.68. The van der Waals surface area contributed by atoms with Crippen LogP contribution in [0.25, 0.3) is 0 Å². The Bertz CT molecular complexity index is 155. The normalized spacial score (nSPS) is 7.64. The van der Waals surface area contributed by atoms with Crippen LogP contribution in [0, 0.1) is 0 Å². The maximum Gasteiger partial charge on any atom is 0.330 e. The molecule has 0 fully saturated rings. The molecule has 1 N–H and O–H groups in total. The van der Waals surface area contributed by atoms with E-state index in [2.05, 4.69) is 11.3 Å². The summed E-state index contributed by atoms with van der Waals surface area (Å²) >= 11 is 0. The Morgan fingerprint density at radius 1 is 1.55 bits per heavy atom. The Morgan fingerprint density at radius 3 is 2.45 bits per heavy atom. The van der Waals surface area contributed by atoms with Crippen molar-refractivity contribution >= 4 is 11.9 Å². The van der Waals surface area contributed by atoms with Crippen molar-refractivity contribution in [2.75, 3.05) is 6.61 Å². The second kappa shape index (κ2) is 6.73. The van der Waals surface area contributed by atoms with Gasteiger partial charge in [0.2, 0.25) is 0 Å². The molecule has 0 unspecified atom stereocenters. The third-order valence-corrected chi connectivity index (χ3v) is 0.727. The number of hydrogen-bond acceptors (Lipinski definition) is 3. The summed E-state index contributed by atoms with van der Waals surface area (Å²) in [6.45, 7) is 3.04. The van der Waals surface area contributed by atoms with E-state index in [1.807, 2.05) is 0 Å². The minimum absolute atomic E-state index is 0. The van der Waals surface area contributed by atoms with Gasteiger partial charge in [-0.25, -0.2) is 4.79 Å². The standard InChI is InChI=1S/C6H8O4.FH/c1-2-6(9)10-4-3-5(7)8;/h2H,1,3-4H2,(H,7,8);1H. The number of esters is 1. The van der Waals surface area contributed by atoms with Crippen LogP contribution >= 0.6 is 0 Å². The van der Waals surface area contributed by atoms with Crippen LogP contribution in [-0.4, -0.2) is 23.7 Å². The van der Waals surface area contributed by atoms with Crippen molar-refractivity contribution in [1.82, 2.24) is 0 Å². The zero-order valence-corrected chi connectivity index (χ0v) is 5.78. The molecule has 64 valence electrons. The highest BCUT2D eigenvalue weighted by Crippen LogP contribution is 1.83. The summed E-state index contributed by atoms with van der Waals surface area (Å²) in [7, 11) is 0.